The molecule has 19 heavy (non-hydrogen) atoms. The Morgan fingerprint density at radius 3 is 2.37 bits per heavy atom. The van der Waals surface area contributed by atoms with Gasteiger partial charge in [-0.25, -0.2) is 4.79 Å². The zero-order chi connectivity index (χ0) is 14.9. The first-order valence-corrected chi connectivity index (χ1v) is 9.88. The first kappa shape index (κ1) is 16.4. The second-order valence-electron chi connectivity index (χ2n) is 7.60. The van der Waals surface area contributed by atoms with Gasteiger partial charge in [-0.1, -0.05) is 40.7 Å². The summed E-state index contributed by atoms with van der Waals surface area (Å²) in [5.74, 6) is -0.239. The van der Waals surface area contributed by atoms with E-state index in [1.54, 1.807) is 0 Å². The molecule has 0 aromatic carbocycles. The van der Waals surface area contributed by atoms with Crippen LogP contribution in [-0.4, -0.2) is 27.0 Å². The zero-order valence-electron chi connectivity index (χ0n) is 13.4. The van der Waals surface area contributed by atoms with E-state index in [0.717, 1.165) is 6.42 Å². The van der Waals surface area contributed by atoms with Crippen LogP contribution < -0.4 is 0 Å². The lowest BCUT2D eigenvalue weighted by atomic mass is 9.85. The second-order valence-corrected chi connectivity index (χ2v) is 12.4. The lowest BCUT2D eigenvalue weighted by Crippen LogP contribution is -2.46. The van der Waals surface area contributed by atoms with E-state index in [4.69, 9.17) is 9.16 Å². The van der Waals surface area contributed by atoms with Crippen LogP contribution in [0.25, 0.3) is 0 Å². The van der Waals surface area contributed by atoms with E-state index in [1.807, 2.05) is 6.08 Å². The molecule has 1 aliphatic heterocycles. The predicted octanol–water partition coefficient (Wildman–Crippen LogP) is 3.91. The number of esters is 1. The first-order valence-electron chi connectivity index (χ1n) is 6.97. The third-order valence-electron chi connectivity index (χ3n) is 4.35. The molecule has 0 bridgehead atoms. The third-order valence-corrected chi connectivity index (χ3v) is 8.82. The number of hydrogen-bond acceptors (Lipinski definition) is 3. The molecule has 4 heteroatoms. The van der Waals surface area contributed by atoms with Crippen LogP contribution in [0.4, 0.5) is 0 Å². The van der Waals surface area contributed by atoms with Crippen LogP contribution >= 0.6 is 0 Å². The summed E-state index contributed by atoms with van der Waals surface area (Å²) in [5.41, 5.74) is -0.157. The van der Waals surface area contributed by atoms with Crippen molar-refractivity contribution in [3.63, 3.8) is 0 Å². The highest BCUT2D eigenvalue weighted by atomic mass is 28.4. The van der Waals surface area contributed by atoms with Gasteiger partial charge in [0.25, 0.3) is 0 Å². The van der Waals surface area contributed by atoms with Crippen molar-refractivity contribution in [1.29, 1.82) is 0 Å². The molecule has 0 fully saturated rings. The summed E-state index contributed by atoms with van der Waals surface area (Å²) in [5, 5.41) is 0.201. The molecular weight excluding hydrogens is 256 g/mol. The molecule has 0 spiro atoms. The molecule has 0 N–H and O–H groups in total. The highest BCUT2D eigenvalue weighted by Gasteiger charge is 2.41. The molecule has 0 aromatic heterocycles. The summed E-state index contributed by atoms with van der Waals surface area (Å²) in [6.07, 6.45) is 4.08. The zero-order valence-corrected chi connectivity index (χ0v) is 14.4. The van der Waals surface area contributed by atoms with Crippen molar-refractivity contribution in [3.8, 4) is 0 Å². The SMILES string of the molecule is CC(C)(CO[Si](C)(C)C(C)(C)C)[C@@H]1CC=CC(=O)O1. The Morgan fingerprint density at radius 2 is 1.89 bits per heavy atom. The first-order chi connectivity index (χ1) is 8.46. The van der Waals surface area contributed by atoms with Crippen LogP contribution in [0, 0.1) is 5.41 Å². The number of ether oxygens (including phenoxy) is 1. The van der Waals surface area contributed by atoms with Gasteiger partial charge in [-0.3, -0.25) is 0 Å². The number of carbonyl (C=O) groups excluding carboxylic acids is 1. The van der Waals surface area contributed by atoms with Gasteiger partial charge in [0.15, 0.2) is 8.32 Å². The molecule has 3 nitrogen and oxygen atoms in total. The normalized spacial score (nSPS) is 21.4. The summed E-state index contributed by atoms with van der Waals surface area (Å²) in [4.78, 5) is 11.3. The number of rotatable bonds is 4. The Morgan fingerprint density at radius 1 is 1.32 bits per heavy atom. The van der Waals surface area contributed by atoms with E-state index >= 15 is 0 Å². The molecule has 1 aliphatic rings. The van der Waals surface area contributed by atoms with Gasteiger partial charge in [-0.15, -0.1) is 0 Å². The van der Waals surface area contributed by atoms with Gasteiger partial charge in [-0.05, 0) is 18.1 Å². The monoisotopic (exact) mass is 284 g/mol. The van der Waals surface area contributed by atoms with Crippen LogP contribution in [0.2, 0.25) is 18.1 Å². The Labute approximate surface area is 118 Å². The average Bonchev–Trinajstić information content (AvgIpc) is 2.25. The Hall–Kier alpha value is -0.613. The smallest absolute Gasteiger partial charge is 0.330 e. The van der Waals surface area contributed by atoms with Crippen LogP contribution in [0.3, 0.4) is 0 Å². The van der Waals surface area contributed by atoms with Crippen LogP contribution in [0.5, 0.6) is 0 Å². The van der Waals surface area contributed by atoms with Crippen molar-refractivity contribution < 1.29 is 14.0 Å². The molecule has 0 amide bonds. The standard InChI is InChI=1S/C15H28O3Si/c1-14(2,3)19(6,7)17-11-15(4,5)12-9-8-10-13(16)18-12/h8,10,12H,9,11H2,1-7H3/t12-/m0/s1. The van der Waals surface area contributed by atoms with E-state index in [2.05, 4.69) is 47.7 Å². The molecule has 1 rings (SSSR count). The minimum atomic E-state index is -1.75. The molecule has 0 unspecified atom stereocenters. The molecule has 0 aliphatic carbocycles. The van der Waals surface area contributed by atoms with Gasteiger partial charge in [0, 0.05) is 24.5 Å². The minimum Gasteiger partial charge on any atom is -0.458 e. The molecular formula is C15H28O3Si. The number of carbonyl (C=O) groups is 1. The van der Waals surface area contributed by atoms with E-state index < -0.39 is 8.32 Å². The van der Waals surface area contributed by atoms with E-state index in [1.165, 1.54) is 6.08 Å². The lowest BCUT2D eigenvalue weighted by Gasteiger charge is -2.41. The van der Waals surface area contributed by atoms with E-state index in [-0.39, 0.29) is 22.5 Å². The average molecular weight is 284 g/mol. The molecule has 1 atom stereocenters. The van der Waals surface area contributed by atoms with Gasteiger partial charge >= 0.3 is 5.97 Å². The quantitative estimate of drug-likeness (QED) is 0.580. The summed E-state index contributed by atoms with van der Waals surface area (Å²) in [6.45, 7) is 16.0. The molecule has 0 aromatic rings. The van der Waals surface area contributed by atoms with Crippen molar-refractivity contribution >= 4 is 14.3 Å². The van der Waals surface area contributed by atoms with Gasteiger partial charge in [0.05, 0.1) is 0 Å². The fourth-order valence-electron chi connectivity index (χ4n) is 1.67. The maximum atomic E-state index is 11.3. The maximum absolute atomic E-state index is 11.3. The van der Waals surface area contributed by atoms with Crippen molar-refractivity contribution in [2.24, 2.45) is 5.41 Å². The molecule has 0 radical (unpaired) electrons. The summed E-state index contributed by atoms with van der Waals surface area (Å²) in [6, 6.07) is 0. The van der Waals surface area contributed by atoms with Crippen LogP contribution in [0.15, 0.2) is 12.2 Å². The van der Waals surface area contributed by atoms with Crippen LogP contribution in [0.1, 0.15) is 41.0 Å². The summed E-state index contributed by atoms with van der Waals surface area (Å²) in [7, 11) is -1.75. The van der Waals surface area contributed by atoms with Crippen molar-refractivity contribution in [2.45, 2.75) is 65.3 Å². The highest BCUT2D eigenvalue weighted by Crippen LogP contribution is 2.38. The summed E-state index contributed by atoms with van der Waals surface area (Å²) >= 11 is 0. The Kier molecular flexibility index (Phi) is 4.68. The second kappa shape index (κ2) is 5.41. The van der Waals surface area contributed by atoms with Gasteiger partial charge < -0.3 is 9.16 Å². The number of hydrogen-bond donors (Lipinski definition) is 0. The van der Waals surface area contributed by atoms with Crippen LogP contribution in [-0.2, 0) is 14.0 Å². The molecule has 110 valence electrons. The Balaban J connectivity index is 2.65. The fourth-order valence-corrected chi connectivity index (χ4v) is 2.84. The fraction of sp³-hybridized carbons (Fsp3) is 0.800. The largest absolute Gasteiger partial charge is 0.458 e. The van der Waals surface area contributed by atoms with Gasteiger partial charge in [0.2, 0.25) is 0 Å². The van der Waals surface area contributed by atoms with Crippen molar-refractivity contribution in [3.05, 3.63) is 12.2 Å². The minimum absolute atomic E-state index is 0.0882. The van der Waals surface area contributed by atoms with E-state index in [9.17, 15) is 4.79 Å². The summed E-state index contributed by atoms with van der Waals surface area (Å²) < 4.78 is 11.7. The van der Waals surface area contributed by atoms with Crippen molar-refractivity contribution in [1.82, 2.24) is 0 Å². The molecule has 1 heterocycles. The lowest BCUT2D eigenvalue weighted by molar-refractivity contribution is -0.151. The third kappa shape index (κ3) is 4.18. The predicted molar refractivity (Wildman–Crippen MR) is 80.6 cm³/mol. The topological polar surface area (TPSA) is 35.5 Å². The number of cyclic esters (lactones) is 1. The van der Waals surface area contributed by atoms with Crippen molar-refractivity contribution in [2.75, 3.05) is 6.61 Å². The van der Waals surface area contributed by atoms with Gasteiger partial charge in [-0.2, -0.15) is 0 Å². The van der Waals surface area contributed by atoms with E-state index in [0.29, 0.717) is 6.61 Å². The maximum Gasteiger partial charge on any atom is 0.330 e. The van der Waals surface area contributed by atoms with Gasteiger partial charge in [0.1, 0.15) is 6.10 Å². The molecule has 0 saturated carbocycles. The highest BCUT2D eigenvalue weighted by molar-refractivity contribution is 6.74. The Bertz CT molecular complexity index is 364. The molecule has 0 saturated heterocycles.